The number of hydrogen-bond acceptors (Lipinski definition) is 6. The van der Waals surface area contributed by atoms with E-state index in [1.807, 2.05) is 25.3 Å². The number of anilines is 1. The number of nitrogens with zero attached hydrogens (tertiary/aromatic N) is 5. The second-order valence-electron chi connectivity index (χ2n) is 7.10. The lowest BCUT2D eigenvalue weighted by atomic mass is 10.1. The van der Waals surface area contributed by atoms with E-state index >= 15 is 0 Å². The molecule has 0 spiro atoms. The Bertz CT molecular complexity index is 879. The van der Waals surface area contributed by atoms with E-state index in [-0.39, 0.29) is 0 Å². The van der Waals surface area contributed by atoms with Gasteiger partial charge in [0.1, 0.15) is 5.82 Å². The van der Waals surface area contributed by atoms with Crippen LogP contribution in [0.3, 0.4) is 0 Å². The molecule has 0 radical (unpaired) electrons. The summed E-state index contributed by atoms with van der Waals surface area (Å²) >= 11 is 0. The Morgan fingerprint density at radius 2 is 1.93 bits per heavy atom. The molecule has 4 rings (SSSR count). The van der Waals surface area contributed by atoms with Crippen molar-refractivity contribution in [1.29, 1.82) is 0 Å². The zero-order chi connectivity index (χ0) is 18.6. The van der Waals surface area contributed by atoms with E-state index in [4.69, 9.17) is 4.52 Å². The summed E-state index contributed by atoms with van der Waals surface area (Å²) in [6.07, 6.45) is 2.92. The van der Waals surface area contributed by atoms with Gasteiger partial charge in [0.25, 0.3) is 5.89 Å². The zero-order valence-electron chi connectivity index (χ0n) is 15.9. The molecular weight excluding hydrogens is 338 g/mol. The molecule has 6 heteroatoms. The molecule has 1 fully saturated rings. The first-order valence-corrected chi connectivity index (χ1v) is 9.49. The van der Waals surface area contributed by atoms with Gasteiger partial charge in [-0.15, -0.1) is 0 Å². The van der Waals surface area contributed by atoms with Gasteiger partial charge in [-0.3, -0.25) is 4.90 Å². The van der Waals surface area contributed by atoms with Crippen LogP contribution in [0.5, 0.6) is 0 Å². The maximum atomic E-state index is 5.40. The van der Waals surface area contributed by atoms with E-state index < -0.39 is 0 Å². The van der Waals surface area contributed by atoms with Crippen LogP contribution in [0.1, 0.15) is 24.7 Å². The van der Waals surface area contributed by atoms with E-state index in [0.29, 0.717) is 17.8 Å². The molecule has 2 aromatic heterocycles. The first-order valence-electron chi connectivity index (χ1n) is 9.49. The van der Waals surface area contributed by atoms with Gasteiger partial charge in [0, 0.05) is 38.4 Å². The summed E-state index contributed by atoms with van der Waals surface area (Å²) < 4.78 is 5.40. The number of pyridine rings is 1. The number of rotatable bonds is 4. The summed E-state index contributed by atoms with van der Waals surface area (Å²) in [5.41, 5.74) is 2.26. The second kappa shape index (κ2) is 7.88. The first kappa shape index (κ1) is 17.7. The normalized spacial score (nSPS) is 18.4. The zero-order valence-corrected chi connectivity index (χ0v) is 15.9. The molecule has 0 aliphatic carbocycles. The van der Waals surface area contributed by atoms with E-state index in [0.717, 1.165) is 44.0 Å². The predicted octanol–water partition coefficient (Wildman–Crippen LogP) is 3.54. The lowest BCUT2D eigenvalue weighted by molar-refractivity contribution is 0.212. The van der Waals surface area contributed by atoms with Crippen molar-refractivity contribution in [2.24, 2.45) is 0 Å². The monoisotopic (exact) mass is 363 g/mol. The van der Waals surface area contributed by atoms with Crippen molar-refractivity contribution in [3.8, 4) is 11.5 Å². The minimum atomic E-state index is 0.521. The molecule has 6 nitrogen and oxygen atoms in total. The third-order valence-electron chi connectivity index (χ3n) is 5.17. The summed E-state index contributed by atoms with van der Waals surface area (Å²) in [5, 5.41) is 3.93. The van der Waals surface area contributed by atoms with Crippen LogP contribution < -0.4 is 4.90 Å². The smallest absolute Gasteiger partial charge is 0.261 e. The molecule has 27 heavy (non-hydrogen) atoms. The molecule has 0 amide bonds. The Morgan fingerprint density at radius 1 is 1.07 bits per heavy atom. The number of benzene rings is 1. The largest absolute Gasteiger partial charge is 0.355 e. The van der Waals surface area contributed by atoms with Gasteiger partial charge in [0.15, 0.2) is 5.82 Å². The lowest BCUT2D eigenvalue weighted by Crippen LogP contribution is -2.34. The highest BCUT2D eigenvalue weighted by molar-refractivity contribution is 5.69. The fourth-order valence-corrected chi connectivity index (χ4v) is 3.59. The summed E-state index contributed by atoms with van der Waals surface area (Å²) in [5.74, 6) is 2.10. The summed E-state index contributed by atoms with van der Waals surface area (Å²) in [4.78, 5) is 13.9. The molecule has 1 saturated heterocycles. The van der Waals surface area contributed by atoms with Crippen molar-refractivity contribution >= 4 is 5.82 Å². The Kier molecular flexibility index (Phi) is 5.16. The maximum absolute atomic E-state index is 5.40. The molecule has 3 aromatic rings. The van der Waals surface area contributed by atoms with Crippen molar-refractivity contribution < 1.29 is 4.52 Å². The van der Waals surface area contributed by atoms with Crippen LogP contribution in [-0.2, 0) is 6.54 Å². The molecule has 0 N–H and O–H groups in total. The highest BCUT2D eigenvalue weighted by Gasteiger charge is 2.24. The third-order valence-corrected chi connectivity index (χ3v) is 5.17. The molecule has 0 saturated carbocycles. The Morgan fingerprint density at radius 3 is 2.70 bits per heavy atom. The molecule has 1 unspecified atom stereocenters. The third kappa shape index (κ3) is 4.01. The molecule has 140 valence electrons. The molecule has 1 atom stereocenters. The molecule has 1 aliphatic heterocycles. The molecule has 1 aromatic carbocycles. The number of hydrogen-bond donors (Lipinski definition) is 0. The van der Waals surface area contributed by atoms with Gasteiger partial charge in [-0.05, 0) is 38.0 Å². The van der Waals surface area contributed by atoms with Gasteiger partial charge in [0.2, 0.25) is 0 Å². The predicted molar refractivity (Wildman–Crippen MR) is 105 cm³/mol. The van der Waals surface area contributed by atoms with Crippen molar-refractivity contribution in [3.63, 3.8) is 0 Å². The molecule has 3 heterocycles. The van der Waals surface area contributed by atoms with Gasteiger partial charge in [-0.1, -0.05) is 35.5 Å². The van der Waals surface area contributed by atoms with Crippen LogP contribution in [-0.4, -0.2) is 45.7 Å². The van der Waals surface area contributed by atoms with Crippen molar-refractivity contribution in [3.05, 3.63) is 60.0 Å². The fourth-order valence-electron chi connectivity index (χ4n) is 3.59. The highest BCUT2D eigenvalue weighted by atomic mass is 16.5. The van der Waals surface area contributed by atoms with Crippen LogP contribution in [0.15, 0.2) is 53.2 Å². The second-order valence-corrected chi connectivity index (χ2v) is 7.10. The topological polar surface area (TPSA) is 58.3 Å². The minimum absolute atomic E-state index is 0.521. The van der Waals surface area contributed by atoms with Gasteiger partial charge < -0.3 is 9.42 Å². The minimum Gasteiger partial charge on any atom is -0.355 e. The average Bonchev–Trinajstić information content (AvgIpc) is 3.05. The van der Waals surface area contributed by atoms with Crippen molar-refractivity contribution in [2.75, 3.05) is 24.5 Å². The summed E-state index contributed by atoms with van der Waals surface area (Å²) in [6, 6.07) is 15.1. The Labute approximate surface area is 159 Å². The fraction of sp³-hybridized carbons (Fsp3) is 0.381. The van der Waals surface area contributed by atoms with E-state index in [1.165, 1.54) is 5.56 Å². The molecule has 0 bridgehead atoms. The number of aromatic nitrogens is 3. The van der Waals surface area contributed by atoms with Gasteiger partial charge in [-0.25, -0.2) is 4.98 Å². The van der Waals surface area contributed by atoms with Crippen molar-refractivity contribution in [1.82, 2.24) is 20.0 Å². The Balaban J connectivity index is 1.53. The first-order chi connectivity index (χ1) is 13.2. The highest BCUT2D eigenvalue weighted by Crippen LogP contribution is 2.29. The quantitative estimate of drug-likeness (QED) is 0.707. The van der Waals surface area contributed by atoms with E-state index in [1.54, 1.807) is 0 Å². The average molecular weight is 363 g/mol. The SMILES string of the molecule is Cc1noc(-c2cccnc2N2CCC(C)N(Cc3ccccc3)CC2)n1. The van der Waals surface area contributed by atoms with Crippen LogP contribution >= 0.6 is 0 Å². The van der Waals surface area contributed by atoms with E-state index in [9.17, 15) is 0 Å². The summed E-state index contributed by atoms with van der Waals surface area (Å²) in [6.45, 7) is 8.01. The van der Waals surface area contributed by atoms with Gasteiger partial charge in [0.05, 0.1) is 5.56 Å². The molecule has 1 aliphatic rings. The van der Waals surface area contributed by atoms with Crippen molar-refractivity contribution in [2.45, 2.75) is 32.9 Å². The van der Waals surface area contributed by atoms with Crippen LogP contribution in [0.25, 0.3) is 11.5 Å². The van der Waals surface area contributed by atoms with Gasteiger partial charge >= 0.3 is 0 Å². The maximum Gasteiger partial charge on any atom is 0.261 e. The van der Waals surface area contributed by atoms with Gasteiger partial charge in [-0.2, -0.15) is 4.98 Å². The van der Waals surface area contributed by atoms with E-state index in [2.05, 4.69) is 62.2 Å². The van der Waals surface area contributed by atoms with Crippen LogP contribution in [0, 0.1) is 6.92 Å². The Hall–Kier alpha value is -2.73. The summed E-state index contributed by atoms with van der Waals surface area (Å²) in [7, 11) is 0. The molecular formula is C21H25N5O. The van der Waals surface area contributed by atoms with Crippen LogP contribution in [0.4, 0.5) is 5.82 Å². The number of aryl methyl sites for hydroxylation is 1. The standard InChI is InChI=1S/C21H25N5O/c1-16-10-12-25(13-14-26(16)15-18-7-4-3-5-8-18)20-19(9-6-11-22-20)21-23-17(2)24-27-21/h3-9,11,16H,10,12-15H2,1-2H3. The van der Waals surface area contributed by atoms with Crippen LogP contribution in [0.2, 0.25) is 0 Å². The lowest BCUT2D eigenvalue weighted by Gasteiger charge is -2.26.